The molecule has 0 N–H and O–H groups in total. The molecule has 1 aliphatic heterocycles. The van der Waals surface area contributed by atoms with E-state index in [1.165, 1.54) is 7.11 Å². The van der Waals surface area contributed by atoms with E-state index >= 15 is 0 Å². The molecule has 1 heterocycles. The molecule has 1 saturated heterocycles. The summed E-state index contributed by atoms with van der Waals surface area (Å²) in [6.45, 7) is 2.67. The van der Waals surface area contributed by atoms with Gasteiger partial charge < -0.3 is 9.64 Å². The number of nitrogens with zero attached hydrogens (tertiary/aromatic N) is 1. The molecule has 1 amide bonds. The van der Waals surface area contributed by atoms with E-state index in [4.69, 9.17) is 0 Å². The number of rotatable bonds is 12. The van der Waals surface area contributed by atoms with Crippen molar-refractivity contribution in [2.24, 2.45) is 0 Å². The summed E-state index contributed by atoms with van der Waals surface area (Å²) < 4.78 is 4.61. The van der Waals surface area contributed by atoms with Gasteiger partial charge in [0.15, 0.2) is 5.78 Å². The Bertz CT molecular complexity index is 510. The molecule has 0 spiro atoms. The van der Waals surface area contributed by atoms with Crippen LogP contribution in [0.1, 0.15) is 71.1 Å². The third kappa shape index (κ3) is 8.97. The first-order chi connectivity index (χ1) is 12.6. The Balaban J connectivity index is 2.44. The standard InChI is InChI=1S/C21H33NO4/c1-3-4-7-12-19(23)16-15-18-11-10-13-20(24)22(18)17-9-6-5-8-14-21(25)26-2/h6,9,15-16,18H,3-5,7-8,10-14,17H2,1-2H3/b9-6?,16-15+. The summed E-state index contributed by atoms with van der Waals surface area (Å²) in [5, 5.41) is 0. The predicted molar refractivity (Wildman–Crippen MR) is 103 cm³/mol. The van der Waals surface area contributed by atoms with Crippen LogP contribution in [0.5, 0.6) is 0 Å². The number of likely N-dealkylation sites (tertiary alicyclic amines) is 1. The van der Waals surface area contributed by atoms with Gasteiger partial charge in [0.2, 0.25) is 5.91 Å². The summed E-state index contributed by atoms with van der Waals surface area (Å²) in [4.78, 5) is 37.0. The molecule has 1 unspecified atom stereocenters. The molecule has 0 aromatic heterocycles. The number of piperidine rings is 1. The summed E-state index contributed by atoms with van der Waals surface area (Å²) >= 11 is 0. The minimum absolute atomic E-state index is 0.00564. The molecule has 1 rings (SSSR count). The smallest absolute Gasteiger partial charge is 0.305 e. The van der Waals surface area contributed by atoms with E-state index in [-0.39, 0.29) is 23.7 Å². The van der Waals surface area contributed by atoms with Crippen molar-refractivity contribution in [2.45, 2.75) is 77.2 Å². The molecular formula is C21H33NO4. The fourth-order valence-electron chi connectivity index (χ4n) is 3.01. The van der Waals surface area contributed by atoms with Crippen LogP contribution in [0.2, 0.25) is 0 Å². The highest BCUT2D eigenvalue weighted by atomic mass is 16.5. The van der Waals surface area contributed by atoms with Crippen LogP contribution in [0.25, 0.3) is 0 Å². The van der Waals surface area contributed by atoms with Gasteiger partial charge in [0.05, 0.1) is 13.2 Å². The summed E-state index contributed by atoms with van der Waals surface area (Å²) in [7, 11) is 1.39. The lowest BCUT2D eigenvalue weighted by atomic mass is 10.00. The first kappa shape index (κ1) is 22.1. The lowest BCUT2D eigenvalue weighted by molar-refractivity contribution is -0.140. The molecule has 1 aliphatic rings. The number of carbonyl (C=O) groups is 3. The fourth-order valence-corrected chi connectivity index (χ4v) is 3.01. The number of ether oxygens (including phenoxy) is 1. The van der Waals surface area contributed by atoms with Crippen LogP contribution >= 0.6 is 0 Å². The van der Waals surface area contributed by atoms with Gasteiger partial charge >= 0.3 is 5.97 Å². The number of hydrogen-bond donors (Lipinski definition) is 0. The van der Waals surface area contributed by atoms with E-state index in [2.05, 4.69) is 11.7 Å². The monoisotopic (exact) mass is 363 g/mol. The average molecular weight is 363 g/mol. The lowest BCUT2D eigenvalue weighted by Gasteiger charge is -2.33. The zero-order valence-electron chi connectivity index (χ0n) is 16.2. The van der Waals surface area contributed by atoms with Gasteiger partial charge in [-0.1, -0.05) is 38.0 Å². The van der Waals surface area contributed by atoms with Crippen molar-refractivity contribution in [2.75, 3.05) is 13.7 Å². The van der Waals surface area contributed by atoms with Crippen LogP contribution in [0, 0.1) is 0 Å². The van der Waals surface area contributed by atoms with Gasteiger partial charge in [-0.25, -0.2) is 0 Å². The molecular weight excluding hydrogens is 330 g/mol. The maximum absolute atomic E-state index is 12.2. The molecule has 146 valence electrons. The van der Waals surface area contributed by atoms with Gasteiger partial charge in [0.1, 0.15) is 0 Å². The number of methoxy groups -OCH3 is 1. The molecule has 1 atom stereocenters. The van der Waals surface area contributed by atoms with Crippen LogP contribution in [0.4, 0.5) is 0 Å². The van der Waals surface area contributed by atoms with Crippen molar-refractivity contribution in [1.82, 2.24) is 4.90 Å². The minimum atomic E-state index is -0.196. The van der Waals surface area contributed by atoms with Gasteiger partial charge in [0, 0.05) is 25.8 Å². The molecule has 0 radical (unpaired) electrons. The van der Waals surface area contributed by atoms with Crippen molar-refractivity contribution in [3.63, 3.8) is 0 Å². The Kier molecular flexibility index (Phi) is 11.3. The quantitative estimate of drug-likeness (QED) is 0.228. The van der Waals surface area contributed by atoms with Crippen molar-refractivity contribution >= 4 is 17.7 Å². The van der Waals surface area contributed by atoms with Crippen LogP contribution in [0.15, 0.2) is 24.3 Å². The van der Waals surface area contributed by atoms with E-state index in [1.807, 2.05) is 23.1 Å². The molecule has 0 aliphatic carbocycles. The maximum Gasteiger partial charge on any atom is 0.305 e. The van der Waals surface area contributed by atoms with Crippen molar-refractivity contribution in [1.29, 1.82) is 0 Å². The number of ketones is 1. The Morgan fingerprint density at radius 1 is 1.19 bits per heavy atom. The van der Waals surface area contributed by atoms with Crippen molar-refractivity contribution < 1.29 is 19.1 Å². The van der Waals surface area contributed by atoms with E-state index in [1.54, 1.807) is 6.08 Å². The van der Waals surface area contributed by atoms with Crippen LogP contribution in [-0.4, -0.2) is 42.3 Å². The van der Waals surface area contributed by atoms with Gasteiger partial charge in [0.25, 0.3) is 0 Å². The van der Waals surface area contributed by atoms with Crippen LogP contribution in [0.3, 0.4) is 0 Å². The SMILES string of the molecule is CCCCCC(=O)/C=C/C1CCCC(=O)N1CC=CCCCC(=O)OC. The molecule has 26 heavy (non-hydrogen) atoms. The van der Waals surface area contributed by atoms with Crippen LogP contribution < -0.4 is 0 Å². The zero-order chi connectivity index (χ0) is 19.2. The van der Waals surface area contributed by atoms with E-state index in [0.717, 1.165) is 44.9 Å². The summed E-state index contributed by atoms with van der Waals surface area (Å²) in [5.41, 5.74) is 0. The normalized spacial score (nSPS) is 18.0. The lowest BCUT2D eigenvalue weighted by Crippen LogP contribution is -2.42. The largest absolute Gasteiger partial charge is 0.469 e. The van der Waals surface area contributed by atoms with E-state index in [0.29, 0.717) is 25.8 Å². The molecule has 0 aromatic carbocycles. The van der Waals surface area contributed by atoms with Gasteiger partial charge in [-0.05, 0) is 38.2 Å². The third-order valence-electron chi connectivity index (χ3n) is 4.59. The summed E-state index contributed by atoms with van der Waals surface area (Å²) in [5.74, 6) is 0.0942. The number of esters is 1. The van der Waals surface area contributed by atoms with Gasteiger partial charge in [-0.15, -0.1) is 0 Å². The Hall–Kier alpha value is -1.91. The second-order valence-corrected chi connectivity index (χ2v) is 6.73. The molecule has 0 saturated carbocycles. The summed E-state index contributed by atoms with van der Waals surface area (Å²) in [6.07, 6.45) is 15.5. The zero-order valence-corrected chi connectivity index (χ0v) is 16.2. The van der Waals surface area contributed by atoms with E-state index in [9.17, 15) is 14.4 Å². The number of hydrogen-bond acceptors (Lipinski definition) is 4. The van der Waals surface area contributed by atoms with Crippen molar-refractivity contribution in [3.05, 3.63) is 24.3 Å². The van der Waals surface area contributed by atoms with E-state index < -0.39 is 0 Å². The fraction of sp³-hybridized carbons (Fsp3) is 0.667. The maximum atomic E-state index is 12.2. The molecule has 0 aromatic rings. The third-order valence-corrected chi connectivity index (χ3v) is 4.59. The Morgan fingerprint density at radius 2 is 2.00 bits per heavy atom. The van der Waals surface area contributed by atoms with Gasteiger partial charge in [-0.2, -0.15) is 0 Å². The minimum Gasteiger partial charge on any atom is -0.469 e. The second kappa shape index (κ2) is 13.3. The molecule has 5 nitrogen and oxygen atoms in total. The number of carbonyl (C=O) groups excluding carboxylic acids is 3. The summed E-state index contributed by atoms with van der Waals surface area (Å²) in [6, 6.07) is 0.00564. The molecule has 1 fully saturated rings. The average Bonchev–Trinajstić information content (AvgIpc) is 2.64. The number of unbranched alkanes of at least 4 members (excludes halogenated alkanes) is 3. The predicted octanol–water partition coefficient (Wildman–Crippen LogP) is 3.97. The number of amides is 1. The molecule has 0 bridgehead atoms. The van der Waals surface area contributed by atoms with Crippen LogP contribution in [-0.2, 0) is 19.1 Å². The highest BCUT2D eigenvalue weighted by Crippen LogP contribution is 2.19. The van der Waals surface area contributed by atoms with Crippen molar-refractivity contribution in [3.8, 4) is 0 Å². The highest BCUT2D eigenvalue weighted by Gasteiger charge is 2.25. The number of allylic oxidation sites excluding steroid dienone is 2. The highest BCUT2D eigenvalue weighted by molar-refractivity contribution is 5.89. The second-order valence-electron chi connectivity index (χ2n) is 6.73. The Labute approximate surface area is 157 Å². The molecule has 5 heteroatoms. The Morgan fingerprint density at radius 3 is 2.73 bits per heavy atom. The topological polar surface area (TPSA) is 63.7 Å². The first-order valence-corrected chi connectivity index (χ1v) is 9.80. The first-order valence-electron chi connectivity index (χ1n) is 9.80. The van der Waals surface area contributed by atoms with Gasteiger partial charge in [-0.3, -0.25) is 14.4 Å².